The van der Waals surface area contributed by atoms with Crippen LogP contribution in [0.2, 0.25) is 0 Å². The van der Waals surface area contributed by atoms with E-state index in [1.54, 1.807) is 0 Å². The van der Waals surface area contributed by atoms with Crippen molar-refractivity contribution >= 4 is 6.01 Å². The van der Waals surface area contributed by atoms with E-state index in [1.165, 1.54) is 28.9 Å². The lowest BCUT2D eigenvalue weighted by Gasteiger charge is -2.33. The number of anilines is 1. The Kier molecular flexibility index (Phi) is 6.60. The van der Waals surface area contributed by atoms with Gasteiger partial charge in [-0.05, 0) is 62.8 Å². The molecule has 4 aromatic rings. The van der Waals surface area contributed by atoms with Crippen LogP contribution in [-0.4, -0.2) is 58.0 Å². The van der Waals surface area contributed by atoms with Crippen LogP contribution in [-0.2, 0) is 6.54 Å². The van der Waals surface area contributed by atoms with E-state index in [0.717, 1.165) is 43.1 Å². The van der Waals surface area contributed by atoms with E-state index >= 15 is 0 Å². The average molecular weight is 493 g/mol. The summed E-state index contributed by atoms with van der Waals surface area (Å²) in [5.74, 6) is -0.965. The van der Waals surface area contributed by atoms with Crippen molar-refractivity contribution in [3.05, 3.63) is 82.1 Å². The van der Waals surface area contributed by atoms with Crippen LogP contribution in [0.15, 0.2) is 63.9 Å². The van der Waals surface area contributed by atoms with Gasteiger partial charge < -0.3 is 14.3 Å². The van der Waals surface area contributed by atoms with Crippen LogP contribution in [0.3, 0.4) is 0 Å². The molecule has 0 radical (unpaired) electrons. The standard InChI is InChI=1S/C26H26F2N6O2/c1-32-10-8-22(9-11-32)33(2)26-29-25(31-36-26)18-5-3-4-17(12-18)16-34-24(35)7-6-23(30-34)19-13-20(27)15-21(28)14-19/h3-7,12-15,22H,8-11,16H2,1-2H3. The maximum Gasteiger partial charge on any atom is 0.324 e. The summed E-state index contributed by atoms with van der Waals surface area (Å²) in [6, 6.07) is 14.2. The number of hydrogen-bond acceptors (Lipinski definition) is 7. The first-order valence-electron chi connectivity index (χ1n) is 11.7. The number of hydrogen-bond donors (Lipinski definition) is 0. The molecule has 1 fully saturated rings. The van der Waals surface area contributed by atoms with Gasteiger partial charge in [-0.25, -0.2) is 13.5 Å². The molecule has 0 bridgehead atoms. The van der Waals surface area contributed by atoms with E-state index in [4.69, 9.17) is 4.52 Å². The molecule has 1 saturated heterocycles. The van der Waals surface area contributed by atoms with Crippen LogP contribution < -0.4 is 10.5 Å². The van der Waals surface area contributed by atoms with Crippen molar-refractivity contribution in [2.45, 2.75) is 25.4 Å². The summed E-state index contributed by atoms with van der Waals surface area (Å²) in [5.41, 5.74) is 1.75. The van der Waals surface area contributed by atoms with Gasteiger partial charge in [0.15, 0.2) is 0 Å². The minimum Gasteiger partial charge on any atom is -0.324 e. The predicted molar refractivity (Wildman–Crippen MR) is 132 cm³/mol. The van der Waals surface area contributed by atoms with Crippen LogP contribution in [0.5, 0.6) is 0 Å². The van der Waals surface area contributed by atoms with Crippen LogP contribution in [0, 0.1) is 11.6 Å². The van der Waals surface area contributed by atoms with Gasteiger partial charge in [-0.2, -0.15) is 10.1 Å². The summed E-state index contributed by atoms with van der Waals surface area (Å²) in [6.45, 7) is 2.22. The molecule has 1 aliphatic heterocycles. The Morgan fingerprint density at radius 3 is 2.53 bits per heavy atom. The maximum atomic E-state index is 13.7. The molecule has 10 heteroatoms. The highest BCUT2D eigenvalue weighted by molar-refractivity contribution is 5.59. The first-order valence-corrected chi connectivity index (χ1v) is 11.7. The van der Waals surface area contributed by atoms with E-state index in [1.807, 2.05) is 36.2 Å². The van der Waals surface area contributed by atoms with E-state index in [9.17, 15) is 13.6 Å². The van der Waals surface area contributed by atoms with Gasteiger partial charge >= 0.3 is 6.01 Å². The van der Waals surface area contributed by atoms with Crippen molar-refractivity contribution in [1.82, 2.24) is 24.8 Å². The SMILES string of the molecule is CN1CCC(N(C)c2nc(-c3cccc(Cn4nc(-c5cc(F)cc(F)c5)ccc4=O)c3)no2)CC1. The summed E-state index contributed by atoms with van der Waals surface area (Å²) >= 11 is 0. The fourth-order valence-electron chi connectivity index (χ4n) is 4.41. The first-order chi connectivity index (χ1) is 17.4. The molecule has 1 aliphatic rings. The highest BCUT2D eigenvalue weighted by Gasteiger charge is 2.24. The van der Waals surface area contributed by atoms with E-state index < -0.39 is 11.6 Å². The molecule has 0 amide bonds. The molecule has 186 valence electrons. The molecular weight excluding hydrogens is 466 g/mol. The van der Waals surface area contributed by atoms with Gasteiger partial charge in [-0.15, -0.1) is 0 Å². The summed E-state index contributed by atoms with van der Waals surface area (Å²) in [7, 11) is 4.09. The van der Waals surface area contributed by atoms with Gasteiger partial charge in [0.05, 0.1) is 12.2 Å². The van der Waals surface area contributed by atoms with Crippen molar-refractivity contribution in [2.75, 3.05) is 32.1 Å². The van der Waals surface area contributed by atoms with Crippen molar-refractivity contribution < 1.29 is 13.3 Å². The Hall–Kier alpha value is -3.92. The number of rotatable bonds is 6. The summed E-state index contributed by atoms with van der Waals surface area (Å²) < 4.78 is 34.1. The molecule has 36 heavy (non-hydrogen) atoms. The first kappa shape index (κ1) is 23.8. The second-order valence-corrected chi connectivity index (χ2v) is 9.12. The van der Waals surface area contributed by atoms with Crippen molar-refractivity contribution in [3.63, 3.8) is 0 Å². The Labute approximate surface area is 206 Å². The zero-order chi connectivity index (χ0) is 25.2. The van der Waals surface area contributed by atoms with Gasteiger partial charge in [0.25, 0.3) is 5.56 Å². The number of benzene rings is 2. The molecule has 2 aromatic heterocycles. The summed E-state index contributed by atoms with van der Waals surface area (Å²) in [6.07, 6.45) is 2.06. The third-order valence-electron chi connectivity index (χ3n) is 6.50. The molecule has 3 heterocycles. The largest absolute Gasteiger partial charge is 0.324 e. The molecule has 0 N–H and O–H groups in total. The number of nitrogens with zero attached hydrogens (tertiary/aromatic N) is 6. The molecule has 0 aliphatic carbocycles. The Bertz CT molecular complexity index is 1410. The zero-order valence-corrected chi connectivity index (χ0v) is 20.1. The van der Waals surface area contributed by atoms with E-state index in [0.29, 0.717) is 23.6 Å². The number of aromatic nitrogens is 4. The number of halogens is 2. The number of piperidine rings is 1. The fraction of sp³-hybridized carbons (Fsp3) is 0.308. The lowest BCUT2D eigenvalue weighted by molar-refractivity contribution is 0.247. The molecule has 2 aromatic carbocycles. The van der Waals surface area contributed by atoms with E-state index in [-0.39, 0.29) is 17.7 Å². The predicted octanol–water partition coefficient (Wildman–Crippen LogP) is 3.82. The third kappa shape index (κ3) is 5.18. The highest BCUT2D eigenvalue weighted by Crippen LogP contribution is 2.24. The topological polar surface area (TPSA) is 80.3 Å². The minimum atomic E-state index is -0.710. The lowest BCUT2D eigenvalue weighted by Crippen LogP contribution is -2.42. The Morgan fingerprint density at radius 1 is 1.03 bits per heavy atom. The average Bonchev–Trinajstić information content (AvgIpc) is 3.35. The van der Waals surface area contributed by atoms with Crippen molar-refractivity contribution in [1.29, 1.82) is 0 Å². The second-order valence-electron chi connectivity index (χ2n) is 9.12. The lowest BCUT2D eigenvalue weighted by atomic mass is 10.0. The van der Waals surface area contributed by atoms with Crippen LogP contribution in [0.1, 0.15) is 18.4 Å². The maximum absolute atomic E-state index is 13.7. The van der Waals surface area contributed by atoms with Gasteiger partial charge in [-0.3, -0.25) is 4.79 Å². The van der Waals surface area contributed by atoms with Gasteiger partial charge in [-0.1, -0.05) is 23.4 Å². The van der Waals surface area contributed by atoms with Gasteiger partial charge in [0.2, 0.25) is 5.82 Å². The molecule has 5 rings (SSSR count). The van der Waals surface area contributed by atoms with Gasteiger partial charge in [0, 0.05) is 36.3 Å². The van der Waals surface area contributed by atoms with E-state index in [2.05, 4.69) is 27.2 Å². The second kappa shape index (κ2) is 9.98. The van der Waals surface area contributed by atoms with Crippen molar-refractivity contribution in [2.24, 2.45) is 0 Å². The third-order valence-corrected chi connectivity index (χ3v) is 6.50. The molecule has 0 saturated carbocycles. The monoisotopic (exact) mass is 492 g/mol. The molecule has 0 atom stereocenters. The van der Waals surface area contributed by atoms with Crippen LogP contribution in [0.25, 0.3) is 22.6 Å². The highest BCUT2D eigenvalue weighted by atomic mass is 19.1. The molecule has 0 spiro atoms. The Morgan fingerprint density at radius 2 is 1.78 bits per heavy atom. The fourth-order valence-corrected chi connectivity index (χ4v) is 4.41. The summed E-state index contributed by atoms with van der Waals surface area (Å²) in [5, 5.41) is 8.48. The Balaban J connectivity index is 1.36. The normalized spacial score (nSPS) is 14.8. The van der Waals surface area contributed by atoms with Crippen molar-refractivity contribution in [3.8, 4) is 22.6 Å². The molecule has 0 unspecified atom stereocenters. The van der Waals surface area contributed by atoms with Gasteiger partial charge in [0.1, 0.15) is 11.6 Å². The van der Waals surface area contributed by atoms with Crippen LogP contribution in [0.4, 0.5) is 14.8 Å². The minimum absolute atomic E-state index is 0.165. The van der Waals surface area contributed by atoms with Crippen LogP contribution >= 0.6 is 0 Å². The quantitative estimate of drug-likeness (QED) is 0.405. The molecular formula is C26H26F2N6O2. The smallest absolute Gasteiger partial charge is 0.324 e. The zero-order valence-electron chi connectivity index (χ0n) is 20.1. The molecule has 8 nitrogen and oxygen atoms in total. The number of likely N-dealkylation sites (tertiary alicyclic amines) is 1. The summed E-state index contributed by atoms with van der Waals surface area (Å²) in [4.78, 5) is 21.4.